The topological polar surface area (TPSA) is 56.7 Å². The van der Waals surface area contributed by atoms with Crippen molar-refractivity contribution in [3.8, 4) is 11.3 Å². The van der Waals surface area contributed by atoms with Gasteiger partial charge >= 0.3 is 0 Å². The van der Waals surface area contributed by atoms with E-state index in [1.807, 2.05) is 4.68 Å². The van der Waals surface area contributed by atoms with Gasteiger partial charge in [0.2, 0.25) is 0 Å². The third-order valence-electron chi connectivity index (χ3n) is 3.18. The largest absolute Gasteiger partial charge is 0.325 e. The number of hydrogen-bond acceptors (Lipinski definition) is 3. The Hall–Kier alpha value is -1.68. The zero-order chi connectivity index (χ0) is 11.8. The molecule has 0 aliphatic heterocycles. The lowest BCUT2D eigenvalue weighted by molar-refractivity contribution is 0.616. The first-order chi connectivity index (χ1) is 8.29. The zero-order valence-electron chi connectivity index (χ0n) is 9.93. The zero-order valence-corrected chi connectivity index (χ0v) is 9.93. The van der Waals surface area contributed by atoms with Crippen molar-refractivity contribution < 1.29 is 0 Å². The van der Waals surface area contributed by atoms with Crippen LogP contribution in [0.3, 0.4) is 0 Å². The van der Waals surface area contributed by atoms with E-state index < -0.39 is 0 Å². The van der Waals surface area contributed by atoms with Gasteiger partial charge in [0.15, 0.2) is 0 Å². The normalized spacial score (nSPS) is 15.2. The minimum Gasteiger partial charge on any atom is -0.325 e. The van der Waals surface area contributed by atoms with Crippen molar-refractivity contribution in [3.05, 3.63) is 35.5 Å². The molecule has 1 heterocycles. The molecule has 0 atom stereocenters. The van der Waals surface area contributed by atoms with Crippen LogP contribution in [0.15, 0.2) is 24.3 Å². The molecule has 0 unspecified atom stereocenters. The fraction of sp³-hybridized carbons (Fsp3) is 0.385. The molecule has 4 nitrogen and oxygen atoms in total. The average molecular weight is 228 g/mol. The van der Waals surface area contributed by atoms with Gasteiger partial charge in [-0.1, -0.05) is 35.0 Å². The Labute approximate surface area is 100 Å². The molecule has 0 saturated heterocycles. The third-order valence-corrected chi connectivity index (χ3v) is 3.18. The molecule has 0 spiro atoms. The quantitative estimate of drug-likeness (QED) is 0.874. The van der Waals surface area contributed by atoms with Crippen molar-refractivity contribution in [1.29, 1.82) is 0 Å². The summed E-state index contributed by atoms with van der Waals surface area (Å²) in [5.74, 6) is 0. The summed E-state index contributed by atoms with van der Waals surface area (Å²) in [6, 6.07) is 8.98. The maximum Gasteiger partial charge on any atom is 0.104 e. The van der Waals surface area contributed by atoms with E-state index in [2.05, 4.69) is 41.5 Å². The van der Waals surface area contributed by atoms with Gasteiger partial charge in [-0.05, 0) is 19.8 Å². The number of rotatable bonds is 3. The lowest BCUT2D eigenvalue weighted by Crippen LogP contribution is -2.02. The second-order valence-corrected chi connectivity index (χ2v) is 4.63. The summed E-state index contributed by atoms with van der Waals surface area (Å²) >= 11 is 0. The van der Waals surface area contributed by atoms with E-state index in [0.717, 1.165) is 17.0 Å². The minimum atomic E-state index is 0.440. The van der Waals surface area contributed by atoms with Crippen molar-refractivity contribution in [2.24, 2.45) is 5.73 Å². The van der Waals surface area contributed by atoms with Crippen molar-refractivity contribution in [1.82, 2.24) is 15.0 Å². The fourth-order valence-corrected chi connectivity index (χ4v) is 2.05. The summed E-state index contributed by atoms with van der Waals surface area (Å²) in [5.41, 5.74) is 10.1. The lowest BCUT2D eigenvalue weighted by atomic mass is 10.1. The molecule has 2 N–H and O–H groups in total. The van der Waals surface area contributed by atoms with Gasteiger partial charge in [-0.3, -0.25) is 0 Å². The van der Waals surface area contributed by atoms with E-state index in [1.54, 1.807) is 0 Å². The summed E-state index contributed by atoms with van der Waals surface area (Å²) in [4.78, 5) is 0. The van der Waals surface area contributed by atoms with E-state index in [9.17, 15) is 0 Å². The first-order valence-corrected chi connectivity index (χ1v) is 6.01. The van der Waals surface area contributed by atoms with E-state index in [4.69, 9.17) is 5.73 Å². The van der Waals surface area contributed by atoms with E-state index in [1.165, 1.54) is 18.4 Å². The molecule has 4 heteroatoms. The number of nitrogens with zero attached hydrogens (tertiary/aromatic N) is 3. The van der Waals surface area contributed by atoms with Gasteiger partial charge in [0.05, 0.1) is 11.7 Å². The first-order valence-electron chi connectivity index (χ1n) is 6.01. The Morgan fingerprint density at radius 3 is 2.59 bits per heavy atom. The van der Waals surface area contributed by atoms with Crippen LogP contribution < -0.4 is 5.73 Å². The van der Waals surface area contributed by atoms with Crippen molar-refractivity contribution in [2.75, 3.05) is 0 Å². The van der Waals surface area contributed by atoms with Gasteiger partial charge in [0.1, 0.15) is 5.69 Å². The van der Waals surface area contributed by atoms with Gasteiger partial charge in [-0.2, -0.15) is 0 Å². The summed E-state index contributed by atoms with van der Waals surface area (Å²) in [6.45, 7) is 2.53. The molecule has 1 aliphatic carbocycles. The van der Waals surface area contributed by atoms with E-state index in [-0.39, 0.29) is 0 Å². The van der Waals surface area contributed by atoms with Crippen molar-refractivity contribution in [2.45, 2.75) is 32.4 Å². The molecule has 1 fully saturated rings. The van der Waals surface area contributed by atoms with Crippen LogP contribution in [-0.2, 0) is 6.54 Å². The molecule has 0 bridgehead atoms. The molecule has 1 aromatic carbocycles. The highest BCUT2D eigenvalue weighted by molar-refractivity contribution is 5.62. The third kappa shape index (κ3) is 1.85. The average Bonchev–Trinajstić information content (AvgIpc) is 3.10. The standard InChI is InChI=1S/C13H16N4/c1-9-2-4-10(5-3-9)13-12(8-14)15-16-17(13)11-6-7-11/h2-5,11H,6-8,14H2,1H3. The number of aryl methyl sites for hydroxylation is 1. The first kappa shape index (κ1) is 10.5. The molecule has 0 amide bonds. The molecular weight excluding hydrogens is 212 g/mol. The summed E-state index contributed by atoms with van der Waals surface area (Å²) in [7, 11) is 0. The maximum atomic E-state index is 5.74. The smallest absolute Gasteiger partial charge is 0.104 e. The van der Waals surface area contributed by atoms with Gasteiger partial charge in [0, 0.05) is 12.1 Å². The molecule has 3 rings (SSSR count). The Balaban J connectivity index is 2.10. The summed E-state index contributed by atoms with van der Waals surface area (Å²) < 4.78 is 2.03. The summed E-state index contributed by atoms with van der Waals surface area (Å²) in [6.07, 6.45) is 2.40. The predicted molar refractivity (Wildman–Crippen MR) is 66.4 cm³/mol. The van der Waals surface area contributed by atoms with Gasteiger partial charge in [-0.15, -0.1) is 5.10 Å². The highest BCUT2D eigenvalue weighted by Gasteiger charge is 2.29. The van der Waals surface area contributed by atoms with Gasteiger partial charge in [-0.25, -0.2) is 4.68 Å². The maximum absolute atomic E-state index is 5.74. The minimum absolute atomic E-state index is 0.440. The van der Waals surface area contributed by atoms with Crippen molar-refractivity contribution in [3.63, 3.8) is 0 Å². The molecule has 2 aromatic rings. The Kier molecular flexibility index (Phi) is 2.44. The highest BCUT2D eigenvalue weighted by atomic mass is 15.5. The molecule has 0 radical (unpaired) electrons. The summed E-state index contributed by atoms with van der Waals surface area (Å²) in [5, 5.41) is 8.42. The number of hydrogen-bond donors (Lipinski definition) is 1. The van der Waals surface area contributed by atoms with Gasteiger partial charge in [0.25, 0.3) is 0 Å². The van der Waals surface area contributed by atoms with Crippen LogP contribution in [0.5, 0.6) is 0 Å². The predicted octanol–water partition coefficient (Wildman–Crippen LogP) is 2.05. The van der Waals surface area contributed by atoms with Crippen molar-refractivity contribution >= 4 is 0 Å². The van der Waals surface area contributed by atoms with Crippen LogP contribution in [0.1, 0.15) is 30.1 Å². The molecular formula is C13H16N4. The molecule has 17 heavy (non-hydrogen) atoms. The second kappa shape index (κ2) is 3.96. The fourth-order valence-electron chi connectivity index (χ4n) is 2.05. The molecule has 1 saturated carbocycles. The number of benzene rings is 1. The number of aromatic nitrogens is 3. The Bertz CT molecular complexity index is 523. The molecule has 1 aliphatic rings. The van der Waals surface area contributed by atoms with Crippen LogP contribution in [-0.4, -0.2) is 15.0 Å². The number of nitrogens with two attached hydrogens (primary N) is 1. The Morgan fingerprint density at radius 1 is 1.29 bits per heavy atom. The van der Waals surface area contributed by atoms with Gasteiger partial charge < -0.3 is 5.73 Å². The monoisotopic (exact) mass is 228 g/mol. The molecule has 1 aromatic heterocycles. The van der Waals surface area contributed by atoms with Crippen LogP contribution in [0.25, 0.3) is 11.3 Å². The van der Waals surface area contributed by atoms with Crippen LogP contribution in [0.2, 0.25) is 0 Å². The van der Waals surface area contributed by atoms with E-state index in [0.29, 0.717) is 12.6 Å². The second-order valence-electron chi connectivity index (χ2n) is 4.63. The molecule has 88 valence electrons. The Morgan fingerprint density at radius 2 is 2.00 bits per heavy atom. The lowest BCUT2D eigenvalue weighted by Gasteiger charge is -2.06. The van der Waals surface area contributed by atoms with Crippen LogP contribution in [0.4, 0.5) is 0 Å². The van der Waals surface area contributed by atoms with E-state index >= 15 is 0 Å². The van der Waals surface area contributed by atoms with Crippen LogP contribution >= 0.6 is 0 Å². The SMILES string of the molecule is Cc1ccc(-c2c(CN)nnn2C2CC2)cc1. The highest BCUT2D eigenvalue weighted by Crippen LogP contribution is 2.38. The van der Waals surface area contributed by atoms with Crippen LogP contribution in [0, 0.1) is 6.92 Å².